The SMILES string of the molecule is CC(C)C[C@@H]1NC(=O)[C@@H](NC(=O)[C@@H](NC(=O)[C@@H]2C[C@@H](F)CN2C(=O)C2(C(F)(F)F)CC3(CC(F)(F)C3)C2)C2CC2)CCCCNC(=O)C(C)(C)NC(=O)[C@H](Cc2cc(Cl)ccc2Cl)N(C)C1=O. The lowest BCUT2D eigenvalue weighted by Gasteiger charge is -2.62. The number of rotatable bonds is 10. The van der Waals surface area contributed by atoms with E-state index in [1.807, 2.05) is 13.8 Å². The number of benzene rings is 1. The van der Waals surface area contributed by atoms with E-state index >= 15 is 4.39 Å². The third-order valence-electron chi connectivity index (χ3n) is 13.8. The summed E-state index contributed by atoms with van der Waals surface area (Å²) < 4.78 is 86.4. The van der Waals surface area contributed by atoms with Gasteiger partial charge in [0.15, 0.2) is 0 Å². The highest BCUT2D eigenvalue weighted by Gasteiger charge is 2.77. The second-order valence-corrected chi connectivity index (χ2v) is 21.1. The van der Waals surface area contributed by atoms with Crippen LogP contribution in [0.4, 0.5) is 26.3 Å². The van der Waals surface area contributed by atoms with Crippen LogP contribution in [0.25, 0.3) is 0 Å². The first-order valence-corrected chi connectivity index (χ1v) is 23.4. The fraction of sp³-hybridized carbons (Fsp3) is 0.711. The Labute approximate surface area is 395 Å². The van der Waals surface area contributed by atoms with Gasteiger partial charge in [0.25, 0.3) is 0 Å². The zero-order valence-corrected chi connectivity index (χ0v) is 39.5. The van der Waals surface area contributed by atoms with Crippen LogP contribution < -0.4 is 26.6 Å². The van der Waals surface area contributed by atoms with E-state index in [9.17, 15) is 55.5 Å². The van der Waals surface area contributed by atoms with E-state index in [2.05, 4.69) is 26.6 Å². The highest BCUT2D eigenvalue weighted by atomic mass is 35.5. The minimum absolute atomic E-state index is 0.0192. The van der Waals surface area contributed by atoms with E-state index in [0.717, 1.165) is 4.90 Å². The van der Waals surface area contributed by atoms with Crippen molar-refractivity contribution in [3.05, 3.63) is 33.8 Å². The lowest BCUT2D eigenvalue weighted by atomic mass is 9.43. The summed E-state index contributed by atoms with van der Waals surface area (Å²) in [6.45, 7) is 5.87. The summed E-state index contributed by atoms with van der Waals surface area (Å²) in [7, 11) is 1.37. The summed E-state index contributed by atoms with van der Waals surface area (Å²) >= 11 is 12.7. The molecule has 5 fully saturated rings. The number of carbonyl (C=O) groups excluding carboxylic acids is 7. The highest BCUT2D eigenvalue weighted by molar-refractivity contribution is 6.33. The molecule has 0 bridgehead atoms. The van der Waals surface area contributed by atoms with E-state index < -0.39 is 151 Å². The summed E-state index contributed by atoms with van der Waals surface area (Å²) in [6, 6.07) is -2.33. The summed E-state index contributed by atoms with van der Waals surface area (Å²) in [5.41, 5.74) is -5.49. The number of nitrogens with zero attached hydrogens (tertiary/aromatic N) is 2. The molecule has 1 aromatic carbocycles. The van der Waals surface area contributed by atoms with Crippen molar-refractivity contribution in [2.24, 2.45) is 22.7 Å². The third-order valence-corrected chi connectivity index (χ3v) is 14.4. The molecule has 2 saturated heterocycles. The fourth-order valence-electron chi connectivity index (χ4n) is 10.2. The van der Waals surface area contributed by atoms with Crippen LogP contribution in [0.15, 0.2) is 18.2 Å². The van der Waals surface area contributed by atoms with Crippen LogP contribution in [-0.4, -0.2) is 125 Å². The van der Waals surface area contributed by atoms with Crippen LogP contribution in [-0.2, 0) is 40.0 Å². The van der Waals surface area contributed by atoms with Crippen molar-refractivity contribution < 1.29 is 59.9 Å². The average molecular weight is 995 g/mol. The molecule has 5 N–H and O–H groups in total. The van der Waals surface area contributed by atoms with Crippen LogP contribution in [0.1, 0.15) is 104 Å². The third kappa shape index (κ3) is 11.6. The van der Waals surface area contributed by atoms with E-state index in [1.165, 1.54) is 27.0 Å². The Bertz CT molecular complexity index is 2110. The van der Waals surface area contributed by atoms with Crippen molar-refractivity contribution in [1.82, 2.24) is 36.4 Å². The van der Waals surface area contributed by atoms with E-state index in [4.69, 9.17) is 23.2 Å². The van der Waals surface area contributed by atoms with Gasteiger partial charge in [-0.15, -0.1) is 0 Å². The standard InChI is InChI=1S/C45H59Cl2F6N7O7/c1-23(2)14-30-38(65)59(5)31(16-25-15-26(46)11-12-28(25)47)36(63)58-41(3,4)39(66)54-13-7-6-8-29(34(61)56-30)55-37(64)33(24-9-10-24)57-35(62)32-17-27(48)18-60(32)40(67)43(45(51,52)53)19-42(20-43)21-44(49,50)22-42/h11-12,15,23-24,27,29-33H,6-10,13-14,16-22H2,1-5H3,(H,54,66)(H,55,64)(H,56,61)(H,57,62)(H,58,63)/t27-,29+,30+,31+,32+,33+/m1/s1. The Kier molecular flexibility index (Phi) is 15.2. The summed E-state index contributed by atoms with van der Waals surface area (Å²) in [5, 5.41) is 14.0. The molecule has 5 aliphatic rings. The van der Waals surface area contributed by atoms with Crippen LogP contribution in [0.3, 0.4) is 0 Å². The number of hydrogen-bond acceptors (Lipinski definition) is 7. The second-order valence-electron chi connectivity index (χ2n) is 20.3. The molecule has 6 rings (SSSR count). The molecule has 1 spiro atoms. The minimum Gasteiger partial charge on any atom is -0.354 e. The molecule has 2 heterocycles. The summed E-state index contributed by atoms with van der Waals surface area (Å²) in [5.74, 6) is -10.1. The second kappa shape index (κ2) is 19.6. The van der Waals surface area contributed by atoms with Crippen molar-refractivity contribution in [3.63, 3.8) is 0 Å². The van der Waals surface area contributed by atoms with E-state index in [-0.39, 0.29) is 43.2 Å². The normalized spacial score (nSPS) is 28.1. The first kappa shape index (κ1) is 52.0. The molecule has 0 radical (unpaired) electrons. The van der Waals surface area contributed by atoms with E-state index in [1.54, 1.807) is 12.1 Å². The van der Waals surface area contributed by atoms with Gasteiger partial charge in [0.2, 0.25) is 47.3 Å². The fourth-order valence-corrected chi connectivity index (χ4v) is 10.5. The van der Waals surface area contributed by atoms with Crippen LogP contribution in [0.5, 0.6) is 0 Å². The lowest BCUT2D eigenvalue weighted by molar-refractivity contribution is -0.314. The highest BCUT2D eigenvalue weighted by Crippen LogP contribution is 2.73. The number of likely N-dealkylation sites (tertiary alicyclic amines) is 1. The Balaban J connectivity index is 1.22. The first-order valence-electron chi connectivity index (χ1n) is 22.7. The van der Waals surface area contributed by atoms with Crippen molar-refractivity contribution in [3.8, 4) is 0 Å². The molecule has 1 aromatic rings. The molecular formula is C45H59Cl2F6N7O7. The monoisotopic (exact) mass is 993 g/mol. The summed E-state index contributed by atoms with van der Waals surface area (Å²) in [4.78, 5) is 99.6. The van der Waals surface area contributed by atoms with Gasteiger partial charge in [0.1, 0.15) is 47.3 Å². The number of hydrogen-bond donors (Lipinski definition) is 5. The van der Waals surface area contributed by atoms with E-state index in [0.29, 0.717) is 34.7 Å². The quantitative estimate of drug-likeness (QED) is 0.201. The molecule has 0 unspecified atom stereocenters. The van der Waals surface area contributed by atoms with Gasteiger partial charge < -0.3 is 36.4 Å². The number of alkyl halides is 6. The molecule has 3 aliphatic carbocycles. The average Bonchev–Trinajstić information content (AvgIpc) is 3.97. The number of carbonyl (C=O) groups is 7. The van der Waals surface area contributed by atoms with Gasteiger partial charge in [0.05, 0.1) is 6.54 Å². The summed E-state index contributed by atoms with van der Waals surface area (Å²) in [6.07, 6.45) is -9.82. The number of amides is 7. The van der Waals surface area contributed by atoms with Gasteiger partial charge >= 0.3 is 6.18 Å². The van der Waals surface area contributed by atoms with Gasteiger partial charge in [0, 0.05) is 49.3 Å². The number of nitrogens with one attached hydrogen (secondary N) is 5. The first-order chi connectivity index (χ1) is 31.1. The maximum Gasteiger partial charge on any atom is 0.403 e. The number of halogens is 8. The molecule has 0 aromatic heterocycles. The van der Waals surface area contributed by atoms with Crippen molar-refractivity contribution >= 4 is 64.6 Å². The Morgan fingerprint density at radius 3 is 2.21 bits per heavy atom. The molecule has 372 valence electrons. The molecule has 22 heteroatoms. The zero-order valence-electron chi connectivity index (χ0n) is 38.0. The smallest absolute Gasteiger partial charge is 0.354 e. The van der Waals surface area contributed by atoms with Crippen molar-refractivity contribution in [2.45, 2.75) is 159 Å². The van der Waals surface area contributed by atoms with Crippen molar-refractivity contribution in [1.29, 1.82) is 0 Å². The maximum absolute atomic E-state index is 15.0. The van der Waals surface area contributed by atoms with Crippen molar-refractivity contribution in [2.75, 3.05) is 20.1 Å². The molecule has 3 saturated carbocycles. The minimum atomic E-state index is -5.17. The maximum atomic E-state index is 15.0. The predicted octanol–water partition coefficient (Wildman–Crippen LogP) is 5.17. The van der Waals surface area contributed by atoms with Gasteiger partial charge in [-0.2, -0.15) is 13.2 Å². The molecule has 7 amide bonds. The van der Waals surface area contributed by atoms with Gasteiger partial charge in [-0.25, -0.2) is 13.2 Å². The van der Waals surface area contributed by atoms with Gasteiger partial charge in [-0.1, -0.05) is 37.0 Å². The van der Waals surface area contributed by atoms with Gasteiger partial charge in [-0.05, 0) is 106 Å². The van der Waals surface area contributed by atoms with Crippen LogP contribution in [0, 0.1) is 22.7 Å². The molecule has 6 atom stereocenters. The lowest BCUT2D eigenvalue weighted by Crippen LogP contribution is -2.68. The Morgan fingerprint density at radius 1 is 0.955 bits per heavy atom. The molecular weight excluding hydrogens is 935 g/mol. The number of likely N-dealkylation sites (N-methyl/N-ethyl adjacent to an activating group) is 1. The Hall–Kier alpha value is -4.33. The molecule has 2 aliphatic heterocycles. The largest absolute Gasteiger partial charge is 0.403 e. The Morgan fingerprint density at radius 2 is 1.61 bits per heavy atom. The van der Waals surface area contributed by atoms with Crippen LogP contribution >= 0.6 is 23.2 Å². The molecule has 14 nitrogen and oxygen atoms in total. The van der Waals surface area contributed by atoms with Gasteiger partial charge in [-0.3, -0.25) is 33.6 Å². The zero-order chi connectivity index (χ0) is 49.6. The topological polar surface area (TPSA) is 186 Å². The molecule has 67 heavy (non-hydrogen) atoms. The van der Waals surface area contributed by atoms with Crippen LogP contribution in [0.2, 0.25) is 10.0 Å². The predicted molar refractivity (Wildman–Crippen MR) is 233 cm³/mol.